The van der Waals surface area contributed by atoms with E-state index in [2.05, 4.69) is 27.7 Å². The molecule has 0 saturated heterocycles. The molecule has 0 aromatic carbocycles. The van der Waals surface area contributed by atoms with Crippen LogP contribution < -0.4 is 14.7 Å². The fourth-order valence-corrected chi connectivity index (χ4v) is 2.64. The predicted octanol–water partition coefficient (Wildman–Crippen LogP) is 4.88. The second kappa shape index (κ2) is 42.0. The third-order valence-electron chi connectivity index (χ3n) is 3.94. The van der Waals surface area contributed by atoms with Gasteiger partial charge in [0.25, 0.3) is 0 Å². The van der Waals surface area contributed by atoms with E-state index >= 15 is 0 Å². The minimum Gasteiger partial charge on any atom is -0.822 e. The topological polar surface area (TPSA) is 86.2 Å². The average molecular weight is 708 g/mol. The normalized spacial score (nSPS) is 8.77. The fourth-order valence-electron chi connectivity index (χ4n) is 2.64. The smallest absolute Gasteiger partial charge is 0.822 e. The number of hydrogen-bond donors (Lipinski definition) is 0. The SMILES string of the molecule is CCCC[N+](CCCC)(CCCC)CCCC.O=P([O-])([O-])[O-].[CH3-].[CH3-].[CH3-].[CH3-].[CH3-].[CH3-].[Ce+4].[Ce+4]. The van der Waals surface area contributed by atoms with Gasteiger partial charge in [0, 0.05) is 0 Å². The largest absolute Gasteiger partial charge is 4.00 e. The first-order valence-electron chi connectivity index (χ1n) is 8.82. The summed E-state index contributed by atoms with van der Waals surface area (Å²) in [6, 6.07) is 0. The first-order valence-corrected chi connectivity index (χ1v) is 10.3. The van der Waals surface area contributed by atoms with E-state index in [1.54, 1.807) is 0 Å². The molecule has 8 heteroatoms. The van der Waals surface area contributed by atoms with Crippen LogP contribution >= 0.6 is 7.82 Å². The summed E-state index contributed by atoms with van der Waals surface area (Å²) in [6.45, 7) is 15.0. The molecule has 0 amide bonds. The van der Waals surface area contributed by atoms with Crippen molar-refractivity contribution in [2.75, 3.05) is 26.2 Å². The summed E-state index contributed by atoms with van der Waals surface area (Å²) in [6.07, 6.45) is 11.1. The zero-order valence-electron chi connectivity index (χ0n) is 22.0. The second-order valence-electron chi connectivity index (χ2n) is 6.10. The maximum Gasteiger partial charge on any atom is 4.00 e. The molecule has 0 aliphatic carbocycles. The molecule has 0 radical (unpaired) electrons. The van der Waals surface area contributed by atoms with Crippen LogP contribution in [0, 0.1) is 128 Å². The Kier molecular flexibility index (Phi) is 89.4. The van der Waals surface area contributed by atoms with Crippen LogP contribution in [0.15, 0.2) is 0 Å². The molecule has 0 fully saturated rings. The quantitative estimate of drug-likeness (QED) is 0.165. The van der Waals surface area contributed by atoms with Crippen molar-refractivity contribution in [3.05, 3.63) is 44.6 Å². The van der Waals surface area contributed by atoms with E-state index < -0.39 is 7.82 Å². The number of phosphoric acid groups is 1. The van der Waals surface area contributed by atoms with Crippen LogP contribution in [0.25, 0.3) is 0 Å². The number of hydrogen-bond acceptors (Lipinski definition) is 4. The summed E-state index contributed by atoms with van der Waals surface area (Å²) < 4.78 is 9.97. The standard InChI is InChI=1S/C16H36N.6CH3.2Ce.H3O4P/c1-5-9-13-17(14-10-6-2,15-11-7-3)16-12-8-4;;;;;;;;;1-5(2,3)4/h5-16H2,1-4H3;6*1H3;;;(H3,1,2,3,4)/q+1;6*-1;2*+4;/p-3. The Morgan fingerprint density at radius 2 is 0.667 bits per heavy atom. The van der Waals surface area contributed by atoms with Crippen molar-refractivity contribution < 1.29 is 107 Å². The number of unbranched alkanes of at least 4 members (excludes halogenated alkanes) is 4. The molecule has 0 aromatic heterocycles. The van der Waals surface area contributed by atoms with Crippen LogP contribution in [0.5, 0.6) is 0 Å². The van der Waals surface area contributed by atoms with Gasteiger partial charge in [-0.1, -0.05) is 53.4 Å². The fraction of sp³-hybridized carbons (Fsp3) is 0.727. The van der Waals surface area contributed by atoms with Crippen LogP contribution in [0.2, 0.25) is 0 Å². The molecule has 0 rings (SSSR count). The van der Waals surface area contributed by atoms with Crippen molar-refractivity contribution in [1.29, 1.82) is 0 Å². The van der Waals surface area contributed by atoms with E-state index in [-0.39, 0.29) is 128 Å². The third-order valence-corrected chi connectivity index (χ3v) is 3.94. The Labute approximate surface area is 261 Å². The average Bonchev–Trinajstić information content (AvgIpc) is 2.44. The van der Waals surface area contributed by atoms with Crippen molar-refractivity contribution in [1.82, 2.24) is 0 Å². The molecular weight excluding hydrogens is 653 g/mol. The molecule has 0 atom stereocenters. The van der Waals surface area contributed by atoms with Crippen LogP contribution in [0.1, 0.15) is 79.1 Å². The summed E-state index contributed by atoms with van der Waals surface area (Å²) in [5, 5.41) is 0. The van der Waals surface area contributed by atoms with Crippen LogP contribution in [-0.4, -0.2) is 30.7 Å². The van der Waals surface area contributed by atoms with Gasteiger partial charge >= 0.3 is 83.5 Å². The molecule has 184 valence electrons. The summed E-state index contributed by atoms with van der Waals surface area (Å²) in [4.78, 5) is 25.6. The molecular formula is C22H54Ce2NO4P. The van der Waals surface area contributed by atoms with Crippen molar-refractivity contribution in [3.63, 3.8) is 0 Å². The number of quaternary nitrogens is 1. The predicted molar refractivity (Wildman–Crippen MR) is 125 cm³/mol. The minimum absolute atomic E-state index is 0. The van der Waals surface area contributed by atoms with Gasteiger partial charge in [-0.3, -0.25) is 0 Å². The minimum atomic E-state index is -5.39. The van der Waals surface area contributed by atoms with E-state index in [9.17, 15) is 0 Å². The first kappa shape index (κ1) is 63.8. The van der Waals surface area contributed by atoms with Gasteiger partial charge in [0.15, 0.2) is 0 Å². The Morgan fingerprint density at radius 3 is 0.767 bits per heavy atom. The van der Waals surface area contributed by atoms with Gasteiger partial charge in [0.1, 0.15) is 0 Å². The van der Waals surface area contributed by atoms with E-state index in [1.807, 2.05) is 0 Å². The van der Waals surface area contributed by atoms with Gasteiger partial charge in [-0.15, -0.1) is 0 Å². The van der Waals surface area contributed by atoms with Crippen molar-refractivity contribution >= 4 is 7.82 Å². The summed E-state index contributed by atoms with van der Waals surface area (Å²) in [5.74, 6) is 0. The van der Waals surface area contributed by atoms with Gasteiger partial charge in [-0.25, -0.2) is 0 Å². The molecule has 0 aliphatic heterocycles. The van der Waals surface area contributed by atoms with E-state index in [0.717, 1.165) is 0 Å². The molecule has 0 heterocycles. The summed E-state index contributed by atoms with van der Waals surface area (Å²) >= 11 is 0. The summed E-state index contributed by atoms with van der Waals surface area (Å²) in [7, 11) is -5.39. The monoisotopic (exact) mass is 707 g/mol. The maximum atomic E-state index is 8.55. The number of rotatable bonds is 12. The Hall–Kier alpha value is 2.82. The molecule has 5 nitrogen and oxygen atoms in total. The molecule has 30 heavy (non-hydrogen) atoms. The van der Waals surface area contributed by atoms with Crippen LogP contribution in [-0.2, 0) is 4.57 Å². The van der Waals surface area contributed by atoms with Gasteiger partial charge in [0.2, 0.25) is 0 Å². The van der Waals surface area contributed by atoms with Crippen molar-refractivity contribution in [2.45, 2.75) is 79.1 Å². The van der Waals surface area contributed by atoms with Gasteiger partial charge < -0.3 is 68.3 Å². The van der Waals surface area contributed by atoms with Gasteiger partial charge in [-0.2, -0.15) is 7.82 Å². The Morgan fingerprint density at radius 1 is 0.533 bits per heavy atom. The van der Waals surface area contributed by atoms with Crippen molar-refractivity contribution in [2.24, 2.45) is 0 Å². The molecule has 0 saturated carbocycles. The van der Waals surface area contributed by atoms with Crippen molar-refractivity contribution in [3.8, 4) is 0 Å². The first-order chi connectivity index (χ1) is 10.2. The van der Waals surface area contributed by atoms with Crippen LogP contribution in [0.4, 0.5) is 0 Å². The van der Waals surface area contributed by atoms with E-state index in [1.165, 1.54) is 82.0 Å². The molecule has 0 aromatic rings. The van der Waals surface area contributed by atoms with E-state index in [4.69, 9.17) is 19.2 Å². The molecule has 0 unspecified atom stereocenters. The molecule has 0 aliphatic rings. The molecule has 0 spiro atoms. The molecule has 0 bridgehead atoms. The third kappa shape index (κ3) is 52.6. The maximum absolute atomic E-state index is 8.55. The zero-order chi connectivity index (χ0) is 17.5. The second-order valence-corrected chi connectivity index (χ2v) is 6.99. The Bertz CT molecular complexity index is 249. The zero-order valence-corrected chi connectivity index (χ0v) is 29.2. The summed E-state index contributed by atoms with van der Waals surface area (Å²) in [5.41, 5.74) is 0. The van der Waals surface area contributed by atoms with Gasteiger partial charge in [0.05, 0.1) is 26.2 Å². The molecule has 0 N–H and O–H groups in total. The Balaban J connectivity index is -0.0000000348. The van der Waals surface area contributed by atoms with E-state index in [0.29, 0.717) is 0 Å². The van der Waals surface area contributed by atoms with Gasteiger partial charge in [-0.05, 0) is 25.7 Å². The van der Waals surface area contributed by atoms with Crippen LogP contribution in [0.3, 0.4) is 0 Å². The number of nitrogens with zero attached hydrogens (tertiary/aromatic N) is 1.